The van der Waals surface area contributed by atoms with Gasteiger partial charge in [0.15, 0.2) is 4.96 Å². The van der Waals surface area contributed by atoms with E-state index in [0.29, 0.717) is 23.5 Å². The molecular formula is C29H30N4O5S. The molecule has 0 spiro atoms. The molecule has 0 bridgehead atoms. The van der Waals surface area contributed by atoms with E-state index in [9.17, 15) is 19.2 Å². The first kappa shape index (κ1) is 27.7. The van der Waals surface area contributed by atoms with Crippen molar-refractivity contribution in [1.29, 1.82) is 0 Å². The fourth-order valence-corrected chi connectivity index (χ4v) is 5.07. The van der Waals surface area contributed by atoms with Crippen LogP contribution in [0.2, 0.25) is 0 Å². The number of fused-ring (bicyclic) bond motifs is 1. The van der Waals surface area contributed by atoms with Crippen LogP contribution in [-0.2, 0) is 11.2 Å². The van der Waals surface area contributed by atoms with Gasteiger partial charge in [0, 0.05) is 23.1 Å². The summed E-state index contributed by atoms with van der Waals surface area (Å²) in [6.45, 7) is 9.29. The lowest BCUT2D eigenvalue weighted by Crippen LogP contribution is -2.25. The molecule has 2 amide bonds. The zero-order chi connectivity index (χ0) is 28.3. The second-order valence-electron chi connectivity index (χ2n) is 9.42. The summed E-state index contributed by atoms with van der Waals surface area (Å²) in [6.07, 6.45) is 1.08. The van der Waals surface area contributed by atoms with Crippen LogP contribution in [0.3, 0.4) is 0 Å². The van der Waals surface area contributed by atoms with Gasteiger partial charge in [-0.2, -0.15) is 0 Å². The van der Waals surface area contributed by atoms with Crippen LogP contribution in [-0.4, -0.2) is 33.3 Å². The monoisotopic (exact) mass is 546 g/mol. The van der Waals surface area contributed by atoms with E-state index >= 15 is 0 Å². The van der Waals surface area contributed by atoms with Gasteiger partial charge in [0.1, 0.15) is 10.6 Å². The minimum atomic E-state index is -0.686. The number of amides is 2. The molecule has 2 aromatic carbocycles. The maximum Gasteiger partial charge on any atom is 0.338 e. The Hall–Kier alpha value is -4.31. The Morgan fingerprint density at radius 2 is 1.77 bits per heavy atom. The van der Waals surface area contributed by atoms with E-state index in [1.54, 1.807) is 38.1 Å². The summed E-state index contributed by atoms with van der Waals surface area (Å²) >= 11 is 0.974. The van der Waals surface area contributed by atoms with Gasteiger partial charge in [-0.05, 0) is 69.5 Å². The number of nitrogens with zero attached hydrogens (tertiary/aromatic N) is 2. The SMILES string of the molecule is CCCc1cc(=O)n2c(C(=O)Nc3cccc(C(=O)OC(C)C)c3)c(C(=O)Nc3cccc(C)c3C)sc2n1. The summed E-state index contributed by atoms with van der Waals surface area (Å²) in [5.74, 6) is -1.75. The highest BCUT2D eigenvalue weighted by Crippen LogP contribution is 2.26. The van der Waals surface area contributed by atoms with Gasteiger partial charge in [-0.15, -0.1) is 0 Å². The van der Waals surface area contributed by atoms with Crippen molar-refractivity contribution in [2.45, 2.75) is 53.6 Å². The van der Waals surface area contributed by atoms with Crippen LogP contribution in [0, 0.1) is 13.8 Å². The molecule has 0 radical (unpaired) electrons. The smallest absolute Gasteiger partial charge is 0.338 e. The number of thiazole rings is 1. The minimum absolute atomic E-state index is 0.0435. The Morgan fingerprint density at radius 1 is 1.03 bits per heavy atom. The molecule has 0 saturated heterocycles. The third-order valence-electron chi connectivity index (χ3n) is 6.05. The summed E-state index contributed by atoms with van der Waals surface area (Å²) in [5.41, 5.74) is 3.07. The zero-order valence-electron chi connectivity index (χ0n) is 22.5. The van der Waals surface area contributed by atoms with E-state index < -0.39 is 23.3 Å². The fraction of sp³-hybridized carbons (Fsp3) is 0.276. The summed E-state index contributed by atoms with van der Waals surface area (Å²) in [7, 11) is 0. The van der Waals surface area contributed by atoms with Crippen LogP contribution in [0.1, 0.15) is 74.5 Å². The van der Waals surface area contributed by atoms with Crippen LogP contribution < -0.4 is 16.2 Å². The van der Waals surface area contributed by atoms with Crippen molar-refractivity contribution in [3.63, 3.8) is 0 Å². The van der Waals surface area contributed by atoms with Crippen LogP contribution in [0.4, 0.5) is 11.4 Å². The highest BCUT2D eigenvalue weighted by molar-refractivity contribution is 7.19. The zero-order valence-corrected chi connectivity index (χ0v) is 23.3. The molecule has 2 N–H and O–H groups in total. The van der Waals surface area contributed by atoms with Crippen molar-refractivity contribution in [2.75, 3.05) is 10.6 Å². The van der Waals surface area contributed by atoms with Gasteiger partial charge in [0.05, 0.1) is 11.7 Å². The van der Waals surface area contributed by atoms with Crippen molar-refractivity contribution >= 4 is 45.5 Å². The molecule has 0 atom stereocenters. The maximum absolute atomic E-state index is 13.6. The van der Waals surface area contributed by atoms with Gasteiger partial charge >= 0.3 is 5.97 Å². The van der Waals surface area contributed by atoms with Crippen molar-refractivity contribution in [3.05, 3.63) is 91.8 Å². The molecule has 0 saturated carbocycles. The van der Waals surface area contributed by atoms with Gasteiger partial charge in [-0.3, -0.25) is 14.4 Å². The molecule has 9 nitrogen and oxygen atoms in total. The van der Waals surface area contributed by atoms with Gasteiger partial charge in [-0.1, -0.05) is 42.9 Å². The van der Waals surface area contributed by atoms with E-state index in [1.807, 2.05) is 32.9 Å². The second kappa shape index (κ2) is 11.6. The predicted octanol–water partition coefficient (Wildman–Crippen LogP) is 5.40. The average Bonchev–Trinajstić information content (AvgIpc) is 3.27. The van der Waals surface area contributed by atoms with Gasteiger partial charge in [0.2, 0.25) is 0 Å². The summed E-state index contributed by atoms with van der Waals surface area (Å²) < 4.78 is 6.40. The number of ether oxygens (including phenoxy) is 1. The molecule has 202 valence electrons. The number of rotatable bonds is 8. The number of aromatic nitrogens is 2. The molecule has 4 aromatic rings. The first-order chi connectivity index (χ1) is 18.6. The Balaban J connectivity index is 1.77. The molecule has 10 heteroatoms. The maximum atomic E-state index is 13.6. The van der Waals surface area contributed by atoms with Crippen LogP contribution in [0.5, 0.6) is 0 Å². The standard InChI is InChI=1S/C29H30N4O5S/c1-6-9-20-15-23(34)33-24(26(35)30-21-12-8-11-19(14-21)28(37)38-16(2)3)25(39-29(33)31-20)27(36)32-22-13-7-10-17(4)18(22)5/h7-8,10-16H,6,9H2,1-5H3,(H,30,35)(H,32,36). The summed E-state index contributed by atoms with van der Waals surface area (Å²) in [6, 6.07) is 13.2. The van der Waals surface area contributed by atoms with E-state index in [0.717, 1.165) is 33.3 Å². The molecule has 0 aliphatic rings. The molecule has 2 heterocycles. The molecule has 4 rings (SSSR count). The molecule has 2 aromatic heterocycles. The van der Waals surface area contributed by atoms with Crippen molar-refractivity contribution in [3.8, 4) is 0 Å². The third-order valence-corrected chi connectivity index (χ3v) is 7.09. The Bertz CT molecular complexity index is 1640. The van der Waals surface area contributed by atoms with Crippen LogP contribution >= 0.6 is 11.3 Å². The van der Waals surface area contributed by atoms with Crippen molar-refractivity contribution < 1.29 is 19.1 Å². The Morgan fingerprint density at radius 3 is 2.49 bits per heavy atom. The van der Waals surface area contributed by atoms with Crippen LogP contribution in [0.15, 0.2) is 53.3 Å². The number of esters is 1. The normalized spacial score (nSPS) is 11.0. The predicted molar refractivity (Wildman–Crippen MR) is 152 cm³/mol. The number of anilines is 2. The van der Waals surface area contributed by atoms with Crippen molar-refractivity contribution in [1.82, 2.24) is 9.38 Å². The van der Waals surface area contributed by atoms with E-state index in [-0.39, 0.29) is 27.2 Å². The Kier molecular flexibility index (Phi) is 8.25. The van der Waals surface area contributed by atoms with E-state index in [1.165, 1.54) is 12.1 Å². The molecule has 39 heavy (non-hydrogen) atoms. The number of nitrogens with one attached hydrogen (secondary N) is 2. The number of benzene rings is 2. The van der Waals surface area contributed by atoms with E-state index in [2.05, 4.69) is 15.6 Å². The molecular weight excluding hydrogens is 516 g/mol. The second-order valence-corrected chi connectivity index (χ2v) is 10.4. The summed E-state index contributed by atoms with van der Waals surface area (Å²) in [5, 5.41) is 5.60. The number of carbonyl (C=O) groups excluding carboxylic acids is 3. The molecule has 0 unspecified atom stereocenters. The van der Waals surface area contributed by atoms with E-state index in [4.69, 9.17) is 4.74 Å². The lowest BCUT2D eigenvalue weighted by molar-refractivity contribution is 0.0377. The highest BCUT2D eigenvalue weighted by atomic mass is 32.1. The molecule has 0 aliphatic heterocycles. The average molecular weight is 547 g/mol. The highest BCUT2D eigenvalue weighted by Gasteiger charge is 2.27. The Labute approximate surface area is 229 Å². The molecule has 0 aliphatic carbocycles. The minimum Gasteiger partial charge on any atom is -0.459 e. The van der Waals surface area contributed by atoms with Gasteiger partial charge in [0.25, 0.3) is 17.4 Å². The number of hydrogen-bond donors (Lipinski definition) is 2. The topological polar surface area (TPSA) is 119 Å². The van der Waals surface area contributed by atoms with Crippen LogP contribution in [0.25, 0.3) is 4.96 Å². The largest absolute Gasteiger partial charge is 0.459 e. The van der Waals surface area contributed by atoms with Crippen molar-refractivity contribution in [2.24, 2.45) is 0 Å². The first-order valence-electron chi connectivity index (χ1n) is 12.6. The first-order valence-corrected chi connectivity index (χ1v) is 13.5. The quantitative estimate of drug-likeness (QED) is 0.286. The molecule has 0 fully saturated rings. The summed E-state index contributed by atoms with van der Waals surface area (Å²) in [4.78, 5) is 57.5. The lowest BCUT2D eigenvalue weighted by Gasteiger charge is -2.12. The number of aryl methyl sites for hydroxylation is 2. The van der Waals surface area contributed by atoms with Gasteiger partial charge in [-0.25, -0.2) is 14.2 Å². The fourth-order valence-electron chi connectivity index (χ4n) is 4.03. The third kappa shape index (κ3) is 6.06. The van der Waals surface area contributed by atoms with Gasteiger partial charge < -0.3 is 15.4 Å². The number of carbonyl (C=O) groups is 3. The lowest BCUT2D eigenvalue weighted by atomic mass is 10.1. The number of hydrogen-bond acceptors (Lipinski definition) is 7.